The molecule has 186 valence electrons. The summed E-state index contributed by atoms with van der Waals surface area (Å²) in [5.74, 6) is 2.90. The average molecular weight is 459 g/mol. The fraction of sp³-hybridized carbons (Fsp3) is 0.862. The maximum Gasteiger partial charge on any atom is 0.306 e. The summed E-state index contributed by atoms with van der Waals surface area (Å²) in [5, 5.41) is 8.82. The van der Waals surface area contributed by atoms with Crippen molar-refractivity contribution in [3.05, 3.63) is 11.6 Å². The number of allylic oxidation sites excluding steroid dienone is 1. The predicted octanol–water partition coefficient (Wildman–Crippen LogP) is 7.17. The van der Waals surface area contributed by atoms with Crippen LogP contribution in [0.1, 0.15) is 111 Å². The first-order valence-corrected chi connectivity index (χ1v) is 13.8. The molecule has 0 heterocycles. The Morgan fingerprint density at radius 2 is 1.91 bits per heavy atom. The standard InChI is InChI=1S/C29H46O4/c1-5-6-7-19(2)23-10-11-24-22-9-8-20-18-21(33-27(32)13-12-26(30)31)14-16-28(20,3)25(22)15-17-29(23,24)4/h8,19,21-25H,5-7,9-18H2,1-4H3,(H,30,31)/t19-,21+,22+,23-,24+,25+,28+,29-/m1/s1. The van der Waals surface area contributed by atoms with Crippen LogP contribution in [-0.2, 0) is 14.3 Å². The van der Waals surface area contributed by atoms with Gasteiger partial charge in [-0.25, -0.2) is 0 Å². The van der Waals surface area contributed by atoms with Crippen molar-refractivity contribution in [3.8, 4) is 0 Å². The Hall–Kier alpha value is -1.32. The third kappa shape index (κ3) is 4.65. The highest BCUT2D eigenvalue weighted by molar-refractivity contribution is 5.76. The number of carboxylic acids is 1. The zero-order chi connectivity index (χ0) is 23.8. The number of fused-ring (bicyclic) bond motifs is 5. The van der Waals surface area contributed by atoms with Crippen LogP contribution in [0.4, 0.5) is 0 Å². The Labute approximate surface area is 200 Å². The van der Waals surface area contributed by atoms with Crippen molar-refractivity contribution in [3.63, 3.8) is 0 Å². The van der Waals surface area contributed by atoms with Crippen LogP contribution in [0, 0.1) is 40.4 Å². The molecule has 0 aromatic carbocycles. The minimum Gasteiger partial charge on any atom is -0.481 e. The van der Waals surface area contributed by atoms with Gasteiger partial charge in [0, 0.05) is 6.42 Å². The van der Waals surface area contributed by atoms with Crippen LogP contribution in [0.3, 0.4) is 0 Å². The van der Waals surface area contributed by atoms with Crippen LogP contribution in [0.25, 0.3) is 0 Å². The van der Waals surface area contributed by atoms with E-state index < -0.39 is 5.97 Å². The van der Waals surface area contributed by atoms with Crippen molar-refractivity contribution in [1.29, 1.82) is 0 Å². The number of unbranched alkanes of at least 4 members (excludes halogenated alkanes) is 1. The summed E-state index contributed by atoms with van der Waals surface area (Å²) in [6.07, 6.45) is 16.0. The molecule has 8 atom stereocenters. The van der Waals surface area contributed by atoms with Crippen molar-refractivity contribution in [1.82, 2.24) is 0 Å². The Morgan fingerprint density at radius 3 is 2.64 bits per heavy atom. The molecule has 4 aliphatic rings. The number of carboxylic acid groups (broad SMARTS) is 1. The molecule has 0 unspecified atom stereocenters. The van der Waals surface area contributed by atoms with Crippen LogP contribution in [0.5, 0.6) is 0 Å². The zero-order valence-corrected chi connectivity index (χ0v) is 21.4. The molecule has 0 bridgehead atoms. The van der Waals surface area contributed by atoms with E-state index in [1.165, 1.54) is 56.9 Å². The van der Waals surface area contributed by atoms with Crippen molar-refractivity contribution in [2.24, 2.45) is 40.4 Å². The Morgan fingerprint density at radius 1 is 1.12 bits per heavy atom. The van der Waals surface area contributed by atoms with Crippen molar-refractivity contribution >= 4 is 11.9 Å². The number of hydrogen-bond donors (Lipinski definition) is 1. The van der Waals surface area contributed by atoms with Crippen LogP contribution >= 0.6 is 0 Å². The molecular weight excluding hydrogens is 412 g/mol. The second kappa shape index (κ2) is 9.74. The average Bonchev–Trinajstić information content (AvgIpc) is 3.13. The predicted molar refractivity (Wildman–Crippen MR) is 131 cm³/mol. The molecule has 33 heavy (non-hydrogen) atoms. The van der Waals surface area contributed by atoms with E-state index in [0.29, 0.717) is 5.41 Å². The van der Waals surface area contributed by atoms with E-state index in [-0.39, 0.29) is 30.3 Å². The van der Waals surface area contributed by atoms with Crippen molar-refractivity contribution in [2.75, 3.05) is 0 Å². The lowest BCUT2D eigenvalue weighted by molar-refractivity contribution is -0.154. The van der Waals surface area contributed by atoms with Gasteiger partial charge in [-0.05, 0) is 85.4 Å². The number of carbonyl (C=O) groups is 2. The van der Waals surface area contributed by atoms with Crippen LogP contribution in [0.2, 0.25) is 0 Å². The van der Waals surface area contributed by atoms with Gasteiger partial charge in [0.15, 0.2) is 0 Å². The smallest absolute Gasteiger partial charge is 0.306 e. The highest BCUT2D eigenvalue weighted by atomic mass is 16.5. The summed E-state index contributed by atoms with van der Waals surface area (Å²) in [5.41, 5.74) is 2.29. The molecule has 4 rings (SSSR count). The molecule has 0 amide bonds. The van der Waals surface area contributed by atoms with Gasteiger partial charge in [-0.15, -0.1) is 0 Å². The largest absolute Gasteiger partial charge is 0.481 e. The summed E-state index contributed by atoms with van der Waals surface area (Å²) in [6.45, 7) is 9.98. The number of hydrogen-bond acceptors (Lipinski definition) is 3. The van der Waals surface area contributed by atoms with Gasteiger partial charge in [0.05, 0.1) is 12.8 Å². The number of rotatable bonds is 8. The molecule has 0 aromatic heterocycles. The number of ether oxygens (including phenoxy) is 1. The van der Waals surface area contributed by atoms with E-state index in [2.05, 4.69) is 33.8 Å². The van der Waals surface area contributed by atoms with E-state index in [1.54, 1.807) is 0 Å². The number of esters is 1. The molecule has 3 fully saturated rings. The van der Waals surface area contributed by atoms with Crippen LogP contribution < -0.4 is 0 Å². The molecular formula is C29H46O4. The van der Waals surface area contributed by atoms with Gasteiger partial charge in [0.1, 0.15) is 6.10 Å². The first kappa shape index (κ1) is 24.8. The minimum atomic E-state index is -0.942. The highest BCUT2D eigenvalue weighted by Gasteiger charge is 2.59. The third-order valence-electron chi connectivity index (χ3n) is 10.7. The lowest BCUT2D eigenvalue weighted by Gasteiger charge is -2.58. The summed E-state index contributed by atoms with van der Waals surface area (Å²) in [4.78, 5) is 22.8. The topological polar surface area (TPSA) is 63.6 Å². The highest BCUT2D eigenvalue weighted by Crippen LogP contribution is 2.67. The summed E-state index contributed by atoms with van der Waals surface area (Å²) >= 11 is 0. The normalized spacial score (nSPS) is 40.7. The maximum absolute atomic E-state index is 12.1. The van der Waals surface area contributed by atoms with Gasteiger partial charge in [-0.2, -0.15) is 0 Å². The SMILES string of the molecule is CCCC[C@@H](C)[C@H]1CC[C@H]2[C@@H]3CC=C4C[C@@H](OC(=O)CCC(=O)O)CC[C@]4(C)[C@H]3CC[C@]12C. The molecule has 0 spiro atoms. The molecule has 4 nitrogen and oxygen atoms in total. The molecule has 4 aliphatic carbocycles. The second-order valence-corrected chi connectivity index (χ2v) is 12.4. The number of aliphatic carboxylic acids is 1. The Kier molecular flexibility index (Phi) is 7.32. The van der Waals surface area contributed by atoms with E-state index in [9.17, 15) is 9.59 Å². The fourth-order valence-corrected chi connectivity index (χ4v) is 8.88. The quantitative estimate of drug-likeness (QED) is 0.309. The lowest BCUT2D eigenvalue weighted by Crippen LogP contribution is -2.51. The molecule has 0 saturated heterocycles. The van der Waals surface area contributed by atoms with E-state index in [4.69, 9.17) is 9.84 Å². The van der Waals surface area contributed by atoms with E-state index in [0.717, 1.165) is 48.9 Å². The van der Waals surface area contributed by atoms with Crippen LogP contribution in [0.15, 0.2) is 11.6 Å². The van der Waals surface area contributed by atoms with Crippen molar-refractivity contribution in [2.45, 2.75) is 117 Å². The fourth-order valence-electron chi connectivity index (χ4n) is 8.88. The van der Waals surface area contributed by atoms with Gasteiger partial charge in [-0.1, -0.05) is 58.6 Å². The number of carbonyl (C=O) groups excluding carboxylic acids is 1. The van der Waals surface area contributed by atoms with E-state index >= 15 is 0 Å². The van der Waals surface area contributed by atoms with Gasteiger partial charge in [-0.3, -0.25) is 9.59 Å². The summed E-state index contributed by atoms with van der Waals surface area (Å²) in [6, 6.07) is 0. The Bertz CT molecular complexity index is 772. The maximum atomic E-state index is 12.1. The van der Waals surface area contributed by atoms with Gasteiger partial charge < -0.3 is 9.84 Å². The molecule has 0 aliphatic heterocycles. The van der Waals surface area contributed by atoms with Gasteiger partial charge >= 0.3 is 11.9 Å². The van der Waals surface area contributed by atoms with Crippen molar-refractivity contribution < 1.29 is 19.4 Å². The monoisotopic (exact) mass is 458 g/mol. The van der Waals surface area contributed by atoms with E-state index in [1.807, 2.05) is 0 Å². The molecule has 0 aromatic rings. The van der Waals surface area contributed by atoms with Crippen LogP contribution in [-0.4, -0.2) is 23.1 Å². The molecule has 4 heteroatoms. The second-order valence-electron chi connectivity index (χ2n) is 12.4. The first-order chi connectivity index (χ1) is 15.7. The first-order valence-electron chi connectivity index (χ1n) is 13.8. The zero-order valence-electron chi connectivity index (χ0n) is 21.4. The summed E-state index contributed by atoms with van der Waals surface area (Å²) < 4.78 is 5.69. The third-order valence-corrected chi connectivity index (χ3v) is 10.7. The molecule has 0 radical (unpaired) electrons. The van der Waals surface area contributed by atoms with Gasteiger partial charge in [0.25, 0.3) is 0 Å². The van der Waals surface area contributed by atoms with Gasteiger partial charge in [0.2, 0.25) is 0 Å². The lowest BCUT2D eigenvalue weighted by atomic mass is 9.47. The summed E-state index contributed by atoms with van der Waals surface area (Å²) in [7, 11) is 0. The molecule has 3 saturated carbocycles. The molecule has 1 N–H and O–H groups in total. The Balaban J connectivity index is 1.43. The minimum absolute atomic E-state index is 0.0229.